The zero-order valence-corrected chi connectivity index (χ0v) is 13.1. The number of aromatic nitrogens is 2. The molecule has 1 aromatic carbocycles. The lowest BCUT2D eigenvalue weighted by Crippen LogP contribution is -2.24. The van der Waals surface area contributed by atoms with Crippen molar-refractivity contribution in [2.45, 2.75) is 20.0 Å². The quantitative estimate of drug-likeness (QED) is 0.569. The summed E-state index contributed by atoms with van der Waals surface area (Å²) in [6, 6.07) is 2.60. The maximum absolute atomic E-state index is 11.1. The summed E-state index contributed by atoms with van der Waals surface area (Å²) >= 11 is 0. The van der Waals surface area contributed by atoms with Crippen molar-refractivity contribution in [1.29, 1.82) is 0 Å². The number of hydrogen-bond acceptors (Lipinski definition) is 6. The second kappa shape index (κ2) is 7.59. The number of imidazole rings is 1. The van der Waals surface area contributed by atoms with E-state index in [-0.39, 0.29) is 17.2 Å². The van der Waals surface area contributed by atoms with Crippen LogP contribution in [0.1, 0.15) is 12.5 Å². The number of benzene rings is 1. The van der Waals surface area contributed by atoms with Gasteiger partial charge in [-0.2, -0.15) is 0 Å². The van der Waals surface area contributed by atoms with E-state index in [0.29, 0.717) is 24.6 Å². The molecule has 0 amide bonds. The Morgan fingerprint density at radius 3 is 2.91 bits per heavy atom. The number of phenols is 1. The third-order valence-electron chi connectivity index (χ3n) is 3.47. The second-order valence-electron chi connectivity index (χ2n) is 5.41. The zero-order chi connectivity index (χ0) is 16.8. The smallest absolute Gasteiger partial charge is 0.277 e. The van der Waals surface area contributed by atoms with Crippen molar-refractivity contribution in [2.75, 3.05) is 13.7 Å². The number of rotatable bonds is 8. The number of nitrogens with one attached hydrogen (secondary N) is 1. The predicted octanol–water partition coefficient (Wildman–Crippen LogP) is 1.93. The maximum atomic E-state index is 11.1. The lowest BCUT2D eigenvalue weighted by atomic mass is 10.1. The van der Waals surface area contributed by atoms with Crippen LogP contribution in [-0.2, 0) is 13.1 Å². The summed E-state index contributed by atoms with van der Waals surface area (Å²) in [7, 11) is 1.41. The average Bonchev–Trinajstić information content (AvgIpc) is 3.00. The topological polar surface area (TPSA) is 102 Å². The first-order valence-electron chi connectivity index (χ1n) is 7.22. The summed E-state index contributed by atoms with van der Waals surface area (Å²) in [5.41, 5.74) is 0.345. The van der Waals surface area contributed by atoms with E-state index >= 15 is 0 Å². The molecule has 1 atom stereocenters. The molecule has 0 aliphatic rings. The van der Waals surface area contributed by atoms with E-state index < -0.39 is 4.92 Å². The van der Waals surface area contributed by atoms with Gasteiger partial charge in [0.1, 0.15) is 0 Å². The van der Waals surface area contributed by atoms with Crippen LogP contribution in [0.3, 0.4) is 0 Å². The number of hydrogen-bond donors (Lipinski definition) is 2. The summed E-state index contributed by atoms with van der Waals surface area (Å²) in [6.07, 6.45) is 5.38. The third-order valence-corrected chi connectivity index (χ3v) is 3.47. The number of ether oxygens (including phenoxy) is 1. The number of nitro benzene ring substituents is 1. The Morgan fingerprint density at radius 1 is 1.52 bits per heavy atom. The lowest BCUT2D eigenvalue weighted by Gasteiger charge is -2.14. The Balaban J connectivity index is 1.97. The molecule has 8 heteroatoms. The van der Waals surface area contributed by atoms with Gasteiger partial charge in [-0.05, 0) is 18.5 Å². The molecule has 2 rings (SSSR count). The summed E-state index contributed by atoms with van der Waals surface area (Å²) in [5, 5.41) is 24.0. The van der Waals surface area contributed by atoms with Gasteiger partial charge in [0.15, 0.2) is 11.5 Å². The van der Waals surface area contributed by atoms with Gasteiger partial charge in [-0.15, -0.1) is 0 Å². The normalized spacial score (nSPS) is 12.1. The van der Waals surface area contributed by atoms with Gasteiger partial charge < -0.3 is 19.7 Å². The molecule has 1 aromatic heterocycles. The van der Waals surface area contributed by atoms with Gasteiger partial charge in [-0.1, -0.05) is 6.92 Å². The molecule has 0 aliphatic carbocycles. The fourth-order valence-electron chi connectivity index (χ4n) is 2.35. The molecule has 0 radical (unpaired) electrons. The van der Waals surface area contributed by atoms with E-state index in [1.54, 1.807) is 12.5 Å². The van der Waals surface area contributed by atoms with Gasteiger partial charge in [0, 0.05) is 31.0 Å². The molecule has 0 saturated heterocycles. The Labute approximate surface area is 133 Å². The molecule has 1 heterocycles. The van der Waals surface area contributed by atoms with Crippen LogP contribution in [0.5, 0.6) is 11.5 Å². The van der Waals surface area contributed by atoms with Crippen molar-refractivity contribution >= 4 is 5.69 Å². The standard InChI is InChI=1S/C15H20N4O4/c1-11(9-18-4-3-16-10-18)7-17-8-12-5-15(23-2)14(20)6-13(12)19(21)22/h3-6,10-11,17,20H,7-9H2,1-2H3. The number of nitro groups is 1. The minimum Gasteiger partial charge on any atom is -0.504 e. The fourth-order valence-corrected chi connectivity index (χ4v) is 2.35. The molecular formula is C15H20N4O4. The van der Waals surface area contributed by atoms with E-state index in [1.807, 2.05) is 10.8 Å². The molecule has 0 fully saturated rings. The number of aromatic hydroxyl groups is 1. The zero-order valence-electron chi connectivity index (χ0n) is 13.1. The summed E-state index contributed by atoms with van der Waals surface area (Å²) < 4.78 is 6.99. The van der Waals surface area contributed by atoms with Crippen molar-refractivity contribution in [1.82, 2.24) is 14.9 Å². The number of phenolic OH excluding ortho intramolecular Hbond substituents is 1. The molecule has 1 unspecified atom stereocenters. The summed E-state index contributed by atoms with van der Waals surface area (Å²) in [4.78, 5) is 14.6. The maximum Gasteiger partial charge on any atom is 0.277 e. The SMILES string of the molecule is COc1cc(CNCC(C)Cn2ccnc2)c([N+](=O)[O-])cc1O. The molecule has 0 aliphatic heterocycles. The van der Waals surface area contributed by atoms with Crippen LogP contribution in [-0.4, -0.2) is 33.2 Å². The largest absolute Gasteiger partial charge is 0.504 e. The van der Waals surface area contributed by atoms with E-state index in [4.69, 9.17) is 4.74 Å². The molecule has 0 spiro atoms. The average molecular weight is 320 g/mol. The first-order chi connectivity index (χ1) is 11.0. The fraction of sp³-hybridized carbons (Fsp3) is 0.400. The van der Waals surface area contributed by atoms with Crippen LogP contribution in [0.15, 0.2) is 30.9 Å². The molecule has 124 valence electrons. The number of methoxy groups -OCH3 is 1. The van der Waals surface area contributed by atoms with E-state index in [0.717, 1.165) is 12.6 Å². The third kappa shape index (κ3) is 4.43. The second-order valence-corrected chi connectivity index (χ2v) is 5.41. The van der Waals surface area contributed by atoms with Crippen LogP contribution in [0.2, 0.25) is 0 Å². The molecule has 23 heavy (non-hydrogen) atoms. The van der Waals surface area contributed by atoms with Crippen LogP contribution in [0, 0.1) is 16.0 Å². The predicted molar refractivity (Wildman–Crippen MR) is 84.4 cm³/mol. The highest BCUT2D eigenvalue weighted by atomic mass is 16.6. The Bertz CT molecular complexity index is 658. The minimum atomic E-state index is -0.509. The highest BCUT2D eigenvalue weighted by Gasteiger charge is 2.18. The summed E-state index contributed by atoms with van der Waals surface area (Å²) in [5.74, 6) is 0.317. The van der Waals surface area contributed by atoms with Gasteiger partial charge in [0.25, 0.3) is 5.69 Å². The molecule has 2 aromatic rings. The van der Waals surface area contributed by atoms with Crippen molar-refractivity contribution in [3.63, 3.8) is 0 Å². The van der Waals surface area contributed by atoms with E-state index in [2.05, 4.69) is 17.2 Å². The highest BCUT2D eigenvalue weighted by Crippen LogP contribution is 2.33. The summed E-state index contributed by atoms with van der Waals surface area (Å²) in [6.45, 7) is 3.91. The van der Waals surface area contributed by atoms with Crippen LogP contribution in [0.25, 0.3) is 0 Å². The van der Waals surface area contributed by atoms with Gasteiger partial charge in [0.2, 0.25) is 0 Å². The first kappa shape index (κ1) is 16.8. The molecule has 8 nitrogen and oxygen atoms in total. The monoisotopic (exact) mass is 320 g/mol. The van der Waals surface area contributed by atoms with E-state index in [1.165, 1.54) is 13.2 Å². The Morgan fingerprint density at radius 2 is 2.30 bits per heavy atom. The molecule has 2 N–H and O–H groups in total. The van der Waals surface area contributed by atoms with Crippen LogP contribution < -0.4 is 10.1 Å². The van der Waals surface area contributed by atoms with Crippen molar-refractivity contribution < 1.29 is 14.8 Å². The van der Waals surface area contributed by atoms with E-state index in [9.17, 15) is 15.2 Å². The van der Waals surface area contributed by atoms with Gasteiger partial charge >= 0.3 is 0 Å². The van der Waals surface area contributed by atoms with Crippen LogP contribution >= 0.6 is 0 Å². The Hall–Kier alpha value is -2.61. The lowest BCUT2D eigenvalue weighted by molar-refractivity contribution is -0.385. The number of nitrogens with zero attached hydrogens (tertiary/aromatic N) is 3. The highest BCUT2D eigenvalue weighted by molar-refractivity contribution is 5.53. The Kier molecular flexibility index (Phi) is 5.53. The molecule has 0 bridgehead atoms. The van der Waals surface area contributed by atoms with Gasteiger partial charge in [-0.25, -0.2) is 4.98 Å². The minimum absolute atomic E-state index is 0.127. The molecular weight excluding hydrogens is 300 g/mol. The van der Waals surface area contributed by atoms with Crippen molar-refractivity contribution in [2.24, 2.45) is 5.92 Å². The van der Waals surface area contributed by atoms with Gasteiger partial charge in [-0.3, -0.25) is 10.1 Å². The van der Waals surface area contributed by atoms with Crippen LogP contribution in [0.4, 0.5) is 5.69 Å². The van der Waals surface area contributed by atoms with Crippen molar-refractivity contribution in [3.05, 3.63) is 46.5 Å². The van der Waals surface area contributed by atoms with Crippen molar-refractivity contribution in [3.8, 4) is 11.5 Å². The first-order valence-corrected chi connectivity index (χ1v) is 7.22. The van der Waals surface area contributed by atoms with Gasteiger partial charge in [0.05, 0.1) is 24.4 Å². The molecule has 0 saturated carbocycles.